The Morgan fingerprint density at radius 1 is 1.30 bits per heavy atom. The van der Waals surface area contributed by atoms with Crippen LogP contribution in [0.4, 0.5) is 0 Å². The number of aromatic hydroxyl groups is 2. The molecule has 1 aliphatic heterocycles. The Morgan fingerprint density at radius 2 is 2.13 bits per heavy atom. The molecule has 1 aromatic rings. The number of fused-ring (bicyclic) bond motifs is 1. The highest BCUT2D eigenvalue weighted by molar-refractivity contribution is 5.59. The molecule has 2 aliphatic carbocycles. The van der Waals surface area contributed by atoms with Crippen LogP contribution in [0.3, 0.4) is 0 Å². The Labute approximate surface area is 136 Å². The summed E-state index contributed by atoms with van der Waals surface area (Å²) in [4.78, 5) is 2.30. The average molecular weight is 313 g/mol. The largest absolute Gasteiger partial charge is 0.504 e. The maximum atomic E-state index is 11.7. The number of rotatable bonds is 2. The van der Waals surface area contributed by atoms with E-state index in [-0.39, 0.29) is 17.5 Å². The fourth-order valence-corrected chi connectivity index (χ4v) is 5.10. The maximum Gasteiger partial charge on any atom is 0.161 e. The minimum absolute atomic E-state index is 0.00985. The number of hydrogen-bond acceptors (Lipinski definition) is 4. The van der Waals surface area contributed by atoms with Crippen LogP contribution in [0.2, 0.25) is 0 Å². The molecule has 1 fully saturated rings. The van der Waals surface area contributed by atoms with Crippen molar-refractivity contribution in [2.75, 3.05) is 13.1 Å². The van der Waals surface area contributed by atoms with Crippen molar-refractivity contribution in [3.8, 4) is 11.5 Å². The number of phenolic OH excluding ortho intramolecular Hbond substituents is 2. The minimum Gasteiger partial charge on any atom is -0.504 e. The normalized spacial score (nSPS) is 35.4. The molecule has 3 atom stereocenters. The number of benzene rings is 1. The molecule has 0 spiro atoms. The van der Waals surface area contributed by atoms with Gasteiger partial charge in [0, 0.05) is 30.1 Å². The van der Waals surface area contributed by atoms with E-state index in [0.29, 0.717) is 12.8 Å². The van der Waals surface area contributed by atoms with Gasteiger partial charge in [0.15, 0.2) is 11.5 Å². The summed E-state index contributed by atoms with van der Waals surface area (Å²) in [7, 11) is 0. The van der Waals surface area contributed by atoms with Gasteiger partial charge in [-0.3, -0.25) is 4.90 Å². The molecule has 4 nitrogen and oxygen atoms in total. The predicted molar refractivity (Wildman–Crippen MR) is 88.7 cm³/mol. The van der Waals surface area contributed by atoms with Crippen molar-refractivity contribution in [1.82, 2.24) is 4.90 Å². The molecule has 4 rings (SSSR count). The predicted octanol–water partition coefficient (Wildman–Crippen LogP) is 2.23. The fourth-order valence-electron chi connectivity index (χ4n) is 5.10. The van der Waals surface area contributed by atoms with Crippen molar-refractivity contribution in [3.63, 3.8) is 0 Å². The quantitative estimate of drug-likeness (QED) is 0.579. The summed E-state index contributed by atoms with van der Waals surface area (Å²) in [5.74, 6) is -0.172. The van der Waals surface area contributed by atoms with Crippen LogP contribution in [-0.2, 0) is 11.8 Å². The number of aliphatic hydroxyl groups is 1. The van der Waals surface area contributed by atoms with Gasteiger partial charge in [0.05, 0.1) is 5.60 Å². The van der Waals surface area contributed by atoms with E-state index in [1.54, 1.807) is 6.07 Å². The summed E-state index contributed by atoms with van der Waals surface area (Å²) in [6.07, 6.45) is 9.00. The van der Waals surface area contributed by atoms with Gasteiger partial charge in [0.1, 0.15) is 0 Å². The van der Waals surface area contributed by atoms with Gasteiger partial charge in [0.2, 0.25) is 0 Å². The highest BCUT2D eigenvalue weighted by atomic mass is 16.3. The highest BCUT2D eigenvalue weighted by Gasteiger charge is 2.62. The Hall–Kier alpha value is -1.78. The molecule has 3 aliphatic rings. The Kier molecular flexibility index (Phi) is 3.12. The number of nitrogens with zero attached hydrogens (tertiary/aromatic N) is 1. The average Bonchev–Trinajstić information content (AvgIpc) is 2.53. The van der Waals surface area contributed by atoms with Crippen LogP contribution in [0.15, 0.2) is 36.9 Å². The lowest BCUT2D eigenvalue weighted by atomic mass is 9.51. The second-order valence-electron chi connectivity index (χ2n) is 7.06. The van der Waals surface area contributed by atoms with E-state index in [1.807, 2.05) is 12.1 Å². The van der Waals surface area contributed by atoms with E-state index >= 15 is 0 Å². The molecule has 3 N–H and O–H groups in total. The molecule has 0 unspecified atom stereocenters. The molecular weight excluding hydrogens is 290 g/mol. The first-order valence-corrected chi connectivity index (χ1v) is 8.33. The molecule has 23 heavy (non-hydrogen) atoms. The van der Waals surface area contributed by atoms with E-state index in [4.69, 9.17) is 0 Å². The van der Waals surface area contributed by atoms with Gasteiger partial charge in [-0.25, -0.2) is 0 Å². The third-order valence-electron chi connectivity index (χ3n) is 6.12. The van der Waals surface area contributed by atoms with E-state index in [2.05, 4.69) is 23.6 Å². The van der Waals surface area contributed by atoms with Crippen LogP contribution in [0.5, 0.6) is 11.5 Å². The van der Waals surface area contributed by atoms with Crippen molar-refractivity contribution in [2.24, 2.45) is 0 Å². The number of allylic oxidation sites excluding steroid dienone is 1. The molecule has 1 heterocycles. The van der Waals surface area contributed by atoms with Crippen LogP contribution < -0.4 is 0 Å². The number of hydrogen-bond donors (Lipinski definition) is 3. The van der Waals surface area contributed by atoms with Crippen LogP contribution in [-0.4, -0.2) is 45.0 Å². The summed E-state index contributed by atoms with van der Waals surface area (Å²) < 4.78 is 0. The molecule has 4 heteroatoms. The molecule has 0 amide bonds. The topological polar surface area (TPSA) is 63.9 Å². The van der Waals surface area contributed by atoms with Gasteiger partial charge in [-0.2, -0.15) is 0 Å². The first-order valence-electron chi connectivity index (χ1n) is 8.33. The molecular formula is C19H23NO3. The third kappa shape index (κ3) is 1.73. The molecule has 0 aromatic heterocycles. The summed E-state index contributed by atoms with van der Waals surface area (Å²) in [6.45, 7) is 5.45. The highest BCUT2D eigenvalue weighted by Crippen LogP contribution is 2.58. The van der Waals surface area contributed by atoms with Gasteiger partial charge in [0.25, 0.3) is 0 Å². The zero-order valence-electron chi connectivity index (χ0n) is 13.2. The van der Waals surface area contributed by atoms with Crippen molar-refractivity contribution in [3.05, 3.63) is 48.1 Å². The molecule has 1 aromatic carbocycles. The summed E-state index contributed by atoms with van der Waals surface area (Å²) >= 11 is 0. The van der Waals surface area contributed by atoms with Crippen LogP contribution in [0.25, 0.3) is 0 Å². The smallest absolute Gasteiger partial charge is 0.161 e. The van der Waals surface area contributed by atoms with Gasteiger partial charge in [-0.1, -0.05) is 24.3 Å². The lowest BCUT2D eigenvalue weighted by Crippen LogP contribution is -2.71. The molecule has 2 bridgehead atoms. The summed E-state index contributed by atoms with van der Waals surface area (Å²) in [6, 6.07) is 3.45. The summed E-state index contributed by atoms with van der Waals surface area (Å²) in [5, 5.41) is 32.2. The van der Waals surface area contributed by atoms with Crippen molar-refractivity contribution >= 4 is 0 Å². The minimum atomic E-state index is -0.915. The number of piperidine rings is 1. The maximum absolute atomic E-state index is 11.7. The van der Waals surface area contributed by atoms with Crippen LogP contribution in [0, 0.1) is 0 Å². The summed E-state index contributed by atoms with van der Waals surface area (Å²) in [5.41, 5.74) is 0.228. The van der Waals surface area contributed by atoms with Gasteiger partial charge >= 0.3 is 0 Å². The standard InChI is InChI=1S/C19H23NO3/c1-2-10-20-11-9-18-7-3-4-8-19(18,23)15(20)12-13-5-6-14(21)17(22)16(13)18/h2-3,5-7,15,21-23H,1,4,8-12H2/t15-,18+,19+/m0/s1. The molecule has 0 radical (unpaired) electrons. The van der Waals surface area contributed by atoms with E-state index in [1.165, 1.54) is 0 Å². The number of likely N-dealkylation sites (tertiary alicyclic amines) is 1. The van der Waals surface area contributed by atoms with Crippen molar-refractivity contribution < 1.29 is 15.3 Å². The zero-order chi connectivity index (χ0) is 16.2. The Morgan fingerprint density at radius 3 is 2.91 bits per heavy atom. The lowest BCUT2D eigenvalue weighted by molar-refractivity contribution is -0.136. The second-order valence-corrected chi connectivity index (χ2v) is 7.06. The SMILES string of the molecule is C=CCN1CC[C@@]23C=CCC[C@@]2(O)[C@@H]1Cc1ccc(O)c(O)c13. The third-order valence-corrected chi connectivity index (χ3v) is 6.12. The Balaban J connectivity index is 1.97. The number of phenols is 2. The fraction of sp³-hybridized carbons (Fsp3) is 0.474. The first-order chi connectivity index (χ1) is 11.0. The van der Waals surface area contributed by atoms with E-state index < -0.39 is 11.0 Å². The van der Waals surface area contributed by atoms with Gasteiger partial charge in [-0.15, -0.1) is 6.58 Å². The lowest BCUT2D eigenvalue weighted by Gasteiger charge is -2.62. The van der Waals surface area contributed by atoms with Crippen LogP contribution in [0.1, 0.15) is 30.4 Å². The second kappa shape index (κ2) is 4.86. The molecule has 0 saturated carbocycles. The zero-order valence-corrected chi connectivity index (χ0v) is 13.2. The van der Waals surface area contributed by atoms with Crippen LogP contribution >= 0.6 is 0 Å². The van der Waals surface area contributed by atoms with Crippen molar-refractivity contribution in [1.29, 1.82) is 0 Å². The van der Waals surface area contributed by atoms with Crippen molar-refractivity contribution in [2.45, 2.75) is 42.7 Å². The monoisotopic (exact) mass is 313 g/mol. The first kappa shape index (κ1) is 14.8. The molecule has 122 valence electrons. The van der Waals surface area contributed by atoms with Gasteiger partial charge in [-0.05, 0) is 37.3 Å². The van der Waals surface area contributed by atoms with E-state index in [9.17, 15) is 15.3 Å². The molecule has 1 saturated heterocycles. The van der Waals surface area contributed by atoms with E-state index in [0.717, 1.165) is 37.1 Å². The Bertz CT molecular complexity index is 698. The van der Waals surface area contributed by atoms with Gasteiger partial charge < -0.3 is 15.3 Å².